The molecule has 5 nitrogen and oxygen atoms in total. The van der Waals surface area contributed by atoms with Gasteiger partial charge in [0, 0.05) is 20.6 Å². The number of ether oxygens (including phenoxy) is 1. The van der Waals surface area contributed by atoms with Crippen LogP contribution in [0.15, 0.2) is 77.3 Å². The summed E-state index contributed by atoms with van der Waals surface area (Å²) in [6, 6.07) is 19.7. The van der Waals surface area contributed by atoms with Crippen molar-refractivity contribution in [2.45, 2.75) is 0 Å². The molecule has 0 aromatic heterocycles. The van der Waals surface area contributed by atoms with Crippen molar-refractivity contribution >= 4 is 50.9 Å². The maximum absolute atomic E-state index is 12.8. The lowest BCUT2D eigenvalue weighted by molar-refractivity contribution is -0.119. The van der Waals surface area contributed by atoms with Crippen LogP contribution in [0, 0.1) is 0 Å². The fourth-order valence-electron chi connectivity index (χ4n) is 2.57. The number of ketones is 1. The number of carbonyl (C=O) groups excluding carboxylic acids is 3. The number of benzene rings is 3. The Morgan fingerprint density at radius 3 is 2.17 bits per heavy atom. The van der Waals surface area contributed by atoms with Crippen molar-refractivity contribution in [2.24, 2.45) is 0 Å². The van der Waals surface area contributed by atoms with E-state index in [4.69, 9.17) is 16.3 Å². The van der Waals surface area contributed by atoms with Gasteiger partial charge in [0.05, 0.1) is 11.3 Å². The number of carbonyl (C=O) groups is 3. The number of para-hydroxylation sites is 1. The van der Waals surface area contributed by atoms with Crippen molar-refractivity contribution in [2.75, 3.05) is 11.9 Å². The molecule has 3 aromatic carbocycles. The Bertz CT molecular complexity index is 1070. The van der Waals surface area contributed by atoms with E-state index in [0.29, 0.717) is 20.7 Å². The molecule has 146 valence electrons. The minimum Gasteiger partial charge on any atom is -0.452 e. The zero-order chi connectivity index (χ0) is 20.8. The molecule has 0 atom stereocenters. The number of nitrogens with one attached hydrogen (secondary N) is 1. The topological polar surface area (TPSA) is 72.5 Å². The summed E-state index contributed by atoms with van der Waals surface area (Å²) in [6.45, 7) is -0.483. The van der Waals surface area contributed by atoms with Crippen LogP contribution < -0.4 is 5.32 Å². The molecule has 0 saturated carbocycles. The SMILES string of the molecule is O=C(COC(=O)c1ccccc1C(=O)c1ccc(Cl)cc1)Nc1ccccc1Br. The van der Waals surface area contributed by atoms with E-state index in [1.165, 1.54) is 12.1 Å². The van der Waals surface area contributed by atoms with Gasteiger partial charge < -0.3 is 10.1 Å². The van der Waals surface area contributed by atoms with Crippen molar-refractivity contribution in [1.82, 2.24) is 0 Å². The third-order valence-electron chi connectivity index (χ3n) is 3.98. The largest absolute Gasteiger partial charge is 0.452 e. The molecule has 0 aliphatic carbocycles. The van der Waals surface area contributed by atoms with Crippen LogP contribution in [-0.4, -0.2) is 24.3 Å². The molecular formula is C22H15BrClNO4. The summed E-state index contributed by atoms with van der Waals surface area (Å²) in [5.41, 5.74) is 1.22. The van der Waals surface area contributed by atoms with Gasteiger partial charge in [0.25, 0.3) is 5.91 Å². The van der Waals surface area contributed by atoms with Gasteiger partial charge in [-0.1, -0.05) is 41.9 Å². The Hall–Kier alpha value is -2.96. The lowest BCUT2D eigenvalue weighted by atomic mass is 9.98. The van der Waals surface area contributed by atoms with Gasteiger partial charge in [-0.15, -0.1) is 0 Å². The molecule has 0 bridgehead atoms. The quantitative estimate of drug-likeness (QED) is 0.399. The van der Waals surface area contributed by atoms with Crippen LogP contribution in [-0.2, 0) is 9.53 Å². The Morgan fingerprint density at radius 1 is 0.862 bits per heavy atom. The molecule has 0 radical (unpaired) electrons. The van der Waals surface area contributed by atoms with Crippen molar-refractivity contribution < 1.29 is 19.1 Å². The average Bonchev–Trinajstić information content (AvgIpc) is 2.74. The van der Waals surface area contributed by atoms with E-state index in [1.807, 2.05) is 6.07 Å². The highest BCUT2D eigenvalue weighted by Crippen LogP contribution is 2.21. The number of hydrogen-bond acceptors (Lipinski definition) is 4. The van der Waals surface area contributed by atoms with Gasteiger partial charge in [0.15, 0.2) is 12.4 Å². The Labute approximate surface area is 180 Å². The molecule has 3 rings (SSSR count). The maximum Gasteiger partial charge on any atom is 0.339 e. The summed E-state index contributed by atoms with van der Waals surface area (Å²) in [7, 11) is 0. The Morgan fingerprint density at radius 2 is 1.48 bits per heavy atom. The Kier molecular flexibility index (Phi) is 6.80. The lowest BCUT2D eigenvalue weighted by Gasteiger charge is -2.10. The fourth-order valence-corrected chi connectivity index (χ4v) is 3.08. The maximum atomic E-state index is 12.8. The number of amides is 1. The molecule has 1 N–H and O–H groups in total. The average molecular weight is 473 g/mol. The van der Waals surface area contributed by atoms with Crippen LogP contribution in [0.25, 0.3) is 0 Å². The minimum atomic E-state index is -0.759. The molecular weight excluding hydrogens is 458 g/mol. The molecule has 0 spiro atoms. The third-order valence-corrected chi connectivity index (χ3v) is 4.92. The van der Waals surface area contributed by atoms with Gasteiger partial charge in [-0.2, -0.15) is 0 Å². The molecule has 7 heteroatoms. The molecule has 29 heavy (non-hydrogen) atoms. The summed E-state index contributed by atoms with van der Waals surface area (Å²) >= 11 is 9.18. The van der Waals surface area contributed by atoms with E-state index in [9.17, 15) is 14.4 Å². The second kappa shape index (κ2) is 9.49. The highest BCUT2D eigenvalue weighted by molar-refractivity contribution is 9.10. The fraction of sp³-hybridized carbons (Fsp3) is 0.0455. The van der Waals surface area contributed by atoms with Gasteiger partial charge in [0.1, 0.15) is 0 Å². The number of hydrogen-bond donors (Lipinski definition) is 1. The third kappa shape index (κ3) is 5.31. The highest BCUT2D eigenvalue weighted by Gasteiger charge is 2.20. The first-order valence-corrected chi connectivity index (χ1v) is 9.73. The van der Waals surface area contributed by atoms with Crippen molar-refractivity contribution in [3.8, 4) is 0 Å². The molecule has 0 aliphatic heterocycles. The second-order valence-electron chi connectivity index (χ2n) is 5.99. The number of esters is 1. The normalized spacial score (nSPS) is 10.3. The summed E-state index contributed by atoms with van der Waals surface area (Å²) in [5.74, 6) is -1.59. The van der Waals surface area contributed by atoms with Crippen LogP contribution in [0.5, 0.6) is 0 Å². The van der Waals surface area contributed by atoms with E-state index >= 15 is 0 Å². The first-order chi connectivity index (χ1) is 14.0. The smallest absolute Gasteiger partial charge is 0.339 e. The Balaban J connectivity index is 1.70. The van der Waals surface area contributed by atoms with Gasteiger partial charge in [-0.3, -0.25) is 9.59 Å². The van der Waals surface area contributed by atoms with Crippen LogP contribution in [0.3, 0.4) is 0 Å². The second-order valence-corrected chi connectivity index (χ2v) is 7.28. The monoisotopic (exact) mass is 471 g/mol. The molecule has 0 fully saturated rings. The minimum absolute atomic E-state index is 0.0844. The van der Waals surface area contributed by atoms with Crippen LogP contribution in [0.1, 0.15) is 26.3 Å². The zero-order valence-electron chi connectivity index (χ0n) is 15.0. The van der Waals surface area contributed by atoms with Crippen molar-refractivity contribution in [3.05, 3.63) is 99.0 Å². The van der Waals surface area contributed by atoms with Gasteiger partial charge in [-0.05, 0) is 58.4 Å². The number of rotatable bonds is 6. The molecule has 1 amide bonds. The predicted molar refractivity (Wildman–Crippen MR) is 114 cm³/mol. The molecule has 3 aromatic rings. The standard InChI is InChI=1S/C22H15BrClNO4/c23-18-7-3-4-8-19(18)25-20(26)13-29-22(28)17-6-2-1-5-16(17)21(27)14-9-11-15(24)12-10-14/h1-12H,13H2,(H,25,26). The van der Waals surface area contributed by atoms with Gasteiger partial charge in [0.2, 0.25) is 0 Å². The molecule has 0 aliphatic rings. The van der Waals surface area contributed by atoms with Crippen molar-refractivity contribution in [1.29, 1.82) is 0 Å². The van der Waals surface area contributed by atoms with Gasteiger partial charge >= 0.3 is 5.97 Å². The van der Waals surface area contributed by atoms with E-state index in [0.717, 1.165) is 0 Å². The summed E-state index contributed by atoms with van der Waals surface area (Å²) < 4.78 is 5.82. The predicted octanol–water partition coefficient (Wildman–Crippen LogP) is 5.13. The summed E-state index contributed by atoms with van der Waals surface area (Å²) in [6.07, 6.45) is 0. The van der Waals surface area contributed by atoms with Crippen LogP contribution >= 0.6 is 27.5 Å². The zero-order valence-corrected chi connectivity index (χ0v) is 17.4. The molecule has 0 saturated heterocycles. The summed E-state index contributed by atoms with van der Waals surface area (Å²) in [4.78, 5) is 37.3. The van der Waals surface area contributed by atoms with E-state index < -0.39 is 18.5 Å². The van der Waals surface area contributed by atoms with Crippen molar-refractivity contribution in [3.63, 3.8) is 0 Å². The van der Waals surface area contributed by atoms with E-state index in [-0.39, 0.29) is 16.9 Å². The van der Waals surface area contributed by atoms with Crippen LogP contribution in [0.2, 0.25) is 5.02 Å². The highest BCUT2D eigenvalue weighted by atomic mass is 79.9. The first kappa shape index (κ1) is 20.8. The van der Waals surface area contributed by atoms with Gasteiger partial charge in [-0.25, -0.2) is 4.79 Å². The number of halogens is 2. The van der Waals surface area contributed by atoms with Crippen LogP contribution in [0.4, 0.5) is 5.69 Å². The molecule has 0 heterocycles. The van der Waals surface area contributed by atoms with E-state index in [2.05, 4.69) is 21.2 Å². The number of anilines is 1. The lowest BCUT2D eigenvalue weighted by Crippen LogP contribution is -2.22. The summed E-state index contributed by atoms with van der Waals surface area (Å²) in [5, 5.41) is 3.15. The first-order valence-electron chi connectivity index (χ1n) is 8.56. The molecule has 0 unspecified atom stereocenters. The van der Waals surface area contributed by atoms with E-state index in [1.54, 1.807) is 54.6 Å².